The highest BCUT2D eigenvalue weighted by Gasteiger charge is 2.02. The summed E-state index contributed by atoms with van der Waals surface area (Å²) in [5.74, 6) is 0.686. The number of nitrogens with one attached hydrogen (secondary N) is 3. The maximum absolute atomic E-state index is 11.5. The number of rotatable bonds is 2. The molecule has 0 aliphatic heterocycles. The molecule has 0 aliphatic carbocycles. The number of amides is 2. The topological polar surface area (TPSA) is 56.9 Å². The van der Waals surface area contributed by atoms with Crippen LogP contribution in [0.5, 0.6) is 0 Å². The summed E-state index contributed by atoms with van der Waals surface area (Å²) in [6.07, 6.45) is 0. The van der Waals surface area contributed by atoms with E-state index < -0.39 is 0 Å². The molecule has 0 unspecified atom stereocenters. The first kappa shape index (κ1) is 10.3. The Balaban J connectivity index is 1.95. The van der Waals surface area contributed by atoms with Gasteiger partial charge in [-0.05, 0) is 31.2 Å². The number of aryl methyl sites for hydroxylation is 1. The number of para-hydroxylation sites is 1. The van der Waals surface area contributed by atoms with E-state index in [0.717, 1.165) is 11.4 Å². The van der Waals surface area contributed by atoms with Crippen molar-refractivity contribution in [3.63, 3.8) is 0 Å². The lowest BCUT2D eigenvalue weighted by Gasteiger charge is -2.05. The Morgan fingerprint density at radius 2 is 1.81 bits per heavy atom. The summed E-state index contributed by atoms with van der Waals surface area (Å²) in [6.45, 7) is 1.93. The zero-order chi connectivity index (χ0) is 11.4. The van der Waals surface area contributed by atoms with Gasteiger partial charge >= 0.3 is 6.03 Å². The molecule has 0 saturated carbocycles. The molecule has 4 heteroatoms. The maximum Gasteiger partial charge on any atom is 0.324 e. The number of anilines is 2. The molecule has 1 aromatic heterocycles. The smallest absolute Gasteiger partial charge is 0.324 e. The number of carbonyl (C=O) groups excluding carboxylic acids is 1. The van der Waals surface area contributed by atoms with Crippen molar-refractivity contribution in [3.8, 4) is 0 Å². The maximum atomic E-state index is 11.5. The van der Waals surface area contributed by atoms with E-state index in [9.17, 15) is 4.79 Å². The first-order valence-corrected chi connectivity index (χ1v) is 5.03. The molecule has 1 aromatic carbocycles. The molecular weight excluding hydrogens is 202 g/mol. The number of aromatic nitrogens is 1. The van der Waals surface area contributed by atoms with Crippen molar-refractivity contribution in [2.75, 3.05) is 10.6 Å². The third-order valence-electron chi connectivity index (χ3n) is 2.11. The molecule has 0 atom stereocenters. The van der Waals surface area contributed by atoms with Crippen molar-refractivity contribution < 1.29 is 4.79 Å². The number of aromatic amines is 1. The van der Waals surface area contributed by atoms with Crippen LogP contribution in [0.3, 0.4) is 0 Å². The number of urea groups is 1. The van der Waals surface area contributed by atoms with Crippen LogP contribution in [0, 0.1) is 6.92 Å². The number of benzene rings is 1. The second-order valence-corrected chi connectivity index (χ2v) is 3.50. The highest BCUT2D eigenvalue weighted by atomic mass is 16.2. The van der Waals surface area contributed by atoms with Gasteiger partial charge in [-0.3, -0.25) is 5.32 Å². The quantitative estimate of drug-likeness (QED) is 0.708. The van der Waals surface area contributed by atoms with Crippen LogP contribution in [0.4, 0.5) is 16.3 Å². The van der Waals surface area contributed by atoms with Gasteiger partial charge in [0.25, 0.3) is 0 Å². The molecule has 2 aromatic rings. The van der Waals surface area contributed by atoms with Gasteiger partial charge in [-0.25, -0.2) is 4.79 Å². The van der Waals surface area contributed by atoms with E-state index in [1.165, 1.54) is 0 Å². The summed E-state index contributed by atoms with van der Waals surface area (Å²) < 4.78 is 0. The van der Waals surface area contributed by atoms with Crippen LogP contribution in [0.1, 0.15) is 5.69 Å². The van der Waals surface area contributed by atoms with E-state index in [4.69, 9.17) is 0 Å². The zero-order valence-electron chi connectivity index (χ0n) is 8.95. The molecular formula is C12H13N3O. The summed E-state index contributed by atoms with van der Waals surface area (Å²) in [5.41, 5.74) is 1.78. The minimum Gasteiger partial charge on any atom is -0.346 e. The molecule has 3 N–H and O–H groups in total. The number of carbonyl (C=O) groups is 1. The first-order chi connectivity index (χ1) is 7.74. The third kappa shape index (κ3) is 2.63. The predicted octanol–water partition coefficient (Wildman–Crippen LogP) is 2.97. The lowest BCUT2D eigenvalue weighted by atomic mass is 10.3. The highest BCUT2D eigenvalue weighted by Crippen LogP contribution is 2.08. The molecule has 1 heterocycles. The Kier molecular flexibility index (Phi) is 2.91. The summed E-state index contributed by atoms with van der Waals surface area (Å²) in [5, 5.41) is 5.44. The second-order valence-electron chi connectivity index (χ2n) is 3.50. The van der Waals surface area contributed by atoms with Crippen molar-refractivity contribution in [1.82, 2.24) is 4.98 Å². The van der Waals surface area contributed by atoms with Gasteiger partial charge in [0.1, 0.15) is 5.82 Å². The monoisotopic (exact) mass is 215 g/mol. The molecule has 82 valence electrons. The van der Waals surface area contributed by atoms with Crippen LogP contribution in [0.25, 0.3) is 0 Å². The lowest BCUT2D eigenvalue weighted by Crippen LogP contribution is -2.19. The van der Waals surface area contributed by atoms with Crippen molar-refractivity contribution >= 4 is 17.5 Å². The van der Waals surface area contributed by atoms with E-state index in [-0.39, 0.29) is 6.03 Å². The standard InChI is InChI=1S/C12H13N3O/c1-9-7-8-11(13-9)15-12(16)14-10-5-3-2-4-6-10/h2-8,13H,1H3,(H2,14,15,16). The molecule has 0 bridgehead atoms. The summed E-state index contributed by atoms with van der Waals surface area (Å²) in [4.78, 5) is 14.6. The van der Waals surface area contributed by atoms with Crippen molar-refractivity contribution in [1.29, 1.82) is 0 Å². The van der Waals surface area contributed by atoms with Crippen LogP contribution in [0.15, 0.2) is 42.5 Å². The average Bonchev–Trinajstić information content (AvgIpc) is 2.65. The van der Waals surface area contributed by atoms with Gasteiger partial charge in [-0.15, -0.1) is 0 Å². The minimum absolute atomic E-state index is 0.256. The second kappa shape index (κ2) is 4.53. The number of hydrogen-bond acceptors (Lipinski definition) is 1. The van der Waals surface area contributed by atoms with E-state index >= 15 is 0 Å². The van der Waals surface area contributed by atoms with Gasteiger partial charge in [-0.1, -0.05) is 18.2 Å². The number of hydrogen-bond donors (Lipinski definition) is 3. The zero-order valence-corrected chi connectivity index (χ0v) is 8.95. The fraction of sp³-hybridized carbons (Fsp3) is 0.0833. The fourth-order valence-corrected chi connectivity index (χ4v) is 1.38. The Hall–Kier alpha value is -2.23. The van der Waals surface area contributed by atoms with E-state index in [2.05, 4.69) is 15.6 Å². The molecule has 4 nitrogen and oxygen atoms in total. The Labute approximate surface area is 93.7 Å². The summed E-state index contributed by atoms with van der Waals surface area (Å²) in [6, 6.07) is 12.8. The predicted molar refractivity (Wildman–Crippen MR) is 64.6 cm³/mol. The highest BCUT2D eigenvalue weighted by molar-refractivity contribution is 5.99. The van der Waals surface area contributed by atoms with Crippen molar-refractivity contribution in [2.24, 2.45) is 0 Å². The van der Waals surface area contributed by atoms with Gasteiger partial charge < -0.3 is 10.3 Å². The first-order valence-electron chi connectivity index (χ1n) is 5.03. The van der Waals surface area contributed by atoms with Gasteiger partial charge in [0.15, 0.2) is 0 Å². The number of H-pyrrole nitrogens is 1. The molecule has 0 radical (unpaired) electrons. The fourth-order valence-electron chi connectivity index (χ4n) is 1.38. The van der Waals surface area contributed by atoms with Crippen LogP contribution >= 0.6 is 0 Å². The Morgan fingerprint density at radius 1 is 1.06 bits per heavy atom. The van der Waals surface area contributed by atoms with Crippen LogP contribution in [0.2, 0.25) is 0 Å². The van der Waals surface area contributed by atoms with E-state index in [0.29, 0.717) is 5.82 Å². The molecule has 0 fully saturated rings. The van der Waals surface area contributed by atoms with E-state index in [1.807, 2.05) is 49.4 Å². The molecule has 2 amide bonds. The molecule has 16 heavy (non-hydrogen) atoms. The SMILES string of the molecule is Cc1ccc(NC(=O)Nc2ccccc2)[nH]1. The normalized spacial score (nSPS) is 9.81. The molecule has 0 spiro atoms. The lowest BCUT2D eigenvalue weighted by molar-refractivity contribution is 0.262. The van der Waals surface area contributed by atoms with Crippen molar-refractivity contribution in [3.05, 3.63) is 48.2 Å². The third-order valence-corrected chi connectivity index (χ3v) is 2.11. The summed E-state index contributed by atoms with van der Waals surface area (Å²) in [7, 11) is 0. The van der Waals surface area contributed by atoms with E-state index in [1.54, 1.807) is 0 Å². The van der Waals surface area contributed by atoms with Crippen LogP contribution in [-0.4, -0.2) is 11.0 Å². The van der Waals surface area contributed by atoms with Crippen LogP contribution < -0.4 is 10.6 Å². The minimum atomic E-state index is -0.256. The Bertz CT molecular complexity index is 476. The van der Waals surface area contributed by atoms with Gasteiger partial charge in [0.2, 0.25) is 0 Å². The van der Waals surface area contributed by atoms with Gasteiger partial charge in [-0.2, -0.15) is 0 Å². The molecule has 0 saturated heterocycles. The molecule has 0 aliphatic rings. The largest absolute Gasteiger partial charge is 0.346 e. The summed E-state index contributed by atoms with van der Waals surface area (Å²) >= 11 is 0. The van der Waals surface area contributed by atoms with Crippen LogP contribution in [-0.2, 0) is 0 Å². The molecule has 2 rings (SSSR count). The van der Waals surface area contributed by atoms with Gasteiger partial charge in [0, 0.05) is 11.4 Å². The average molecular weight is 215 g/mol. The van der Waals surface area contributed by atoms with Gasteiger partial charge in [0.05, 0.1) is 0 Å². The van der Waals surface area contributed by atoms with Crippen molar-refractivity contribution in [2.45, 2.75) is 6.92 Å². The Morgan fingerprint density at radius 3 is 2.44 bits per heavy atom.